The highest BCUT2D eigenvalue weighted by Gasteiger charge is 2.39. The SMILES string of the molecule is CC1(C2CCCC2)CNC(=O)CO1. The van der Waals surface area contributed by atoms with Crippen LogP contribution >= 0.6 is 0 Å². The van der Waals surface area contributed by atoms with Crippen LogP contribution in [0.3, 0.4) is 0 Å². The van der Waals surface area contributed by atoms with Crippen molar-refractivity contribution in [3.63, 3.8) is 0 Å². The van der Waals surface area contributed by atoms with E-state index in [4.69, 9.17) is 4.74 Å². The van der Waals surface area contributed by atoms with Gasteiger partial charge in [-0.1, -0.05) is 12.8 Å². The van der Waals surface area contributed by atoms with Gasteiger partial charge in [0.1, 0.15) is 6.61 Å². The minimum absolute atomic E-state index is 0.0236. The number of hydrogen-bond donors (Lipinski definition) is 1. The molecule has 1 saturated heterocycles. The zero-order valence-electron chi connectivity index (χ0n) is 8.14. The Morgan fingerprint density at radius 2 is 2.15 bits per heavy atom. The summed E-state index contributed by atoms with van der Waals surface area (Å²) in [6.45, 7) is 3.06. The molecule has 2 aliphatic rings. The van der Waals surface area contributed by atoms with E-state index in [0.717, 1.165) is 0 Å². The minimum Gasteiger partial charge on any atom is -0.363 e. The molecule has 2 fully saturated rings. The zero-order valence-corrected chi connectivity index (χ0v) is 8.14. The lowest BCUT2D eigenvalue weighted by molar-refractivity contribution is -0.148. The monoisotopic (exact) mass is 183 g/mol. The Morgan fingerprint density at radius 3 is 2.69 bits per heavy atom. The van der Waals surface area contributed by atoms with Crippen molar-refractivity contribution in [1.29, 1.82) is 0 Å². The Kier molecular flexibility index (Phi) is 2.28. The number of rotatable bonds is 1. The summed E-state index contributed by atoms with van der Waals surface area (Å²) in [7, 11) is 0. The van der Waals surface area contributed by atoms with Crippen LogP contribution in [0.4, 0.5) is 0 Å². The van der Waals surface area contributed by atoms with E-state index in [1.54, 1.807) is 0 Å². The highest BCUT2D eigenvalue weighted by atomic mass is 16.5. The minimum atomic E-state index is -0.0928. The third-order valence-corrected chi connectivity index (χ3v) is 3.39. The predicted octanol–water partition coefficient (Wildman–Crippen LogP) is 1.08. The van der Waals surface area contributed by atoms with Gasteiger partial charge in [0, 0.05) is 6.54 Å². The summed E-state index contributed by atoms with van der Waals surface area (Å²) < 4.78 is 5.65. The molecule has 0 aromatic heterocycles. The fraction of sp³-hybridized carbons (Fsp3) is 0.900. The lowest BCUT2D eigenvalue weighted by Gasteiger charge is -2.38. The second-order valence-corrected chi connectivity index (χ2v) is 4.36. The fourth-order valence-electron chi connectivity index (χ4n) is 2.41. The molecule has 0 aromatic carbocycles. The van der Waals surface area contributed by atoms with E-state index in [1.165, 1.54) is 25.7 Å². The molecule has 3 nitrogen and oxygen atoms in total. The van der Waals surface area contributed by atoms with Gasteiger partial charge in [-0.15, -0.1) is 0 Å². The second kappa shape index (κ2) is 3.29. The third-order valence-electron chi connectivity index (χ3n) is 3.39. The van der Waals surface area contributed by atoms with E-state index in [1.807, 2.05) is 0 Å². The van der Waals surface area contributed by atoms with Gasteiger partial charge in [-0.2, -0.15) is 0 Å². The standard InChI is InChI=1S/C10H17NO2/c1-10(8-4-2-3-5-8)7-11-9(12)6-13-10/h8H,2-7H2,1H3,(H,11,12). The Bertz CT molecular complexity index is 199. The van der Waals surface area contributed by atoms with Gasteiger partial charge in [0.15, 0.2) is 0 Å². The molecule has 3 heteroatoms. The summed E-state index contributed by atoms with van der Waals surface area (Å²) in [5, 5.41) is 2.89. The topological polar surface area (TPSA) is 38.3 Å². The van der Waals surface area contributed by atoms with Gasteiger partial charge in [-0.3, -0.25) is 4.79 Å². The predicted molar refractivity (Wildman–Crippen MR) is 49.3 cm³/mol. The van der Waals surface area contributed by atoms with Crippen LogP contribution in [0, 0.1) is 5.92 Å². The van der Waals surface area contributed by atoms with Crippen LogP contribution in [0.5, 0.6) is 0 Å². The maximum atomic E-state index is 10.9. The van der Waals surface area contributed by atoms with Gasteiger partial charge in [-0.05, 0) is 25.7 Å². The van der Waals surface area contributed by atoms with E-state index in [-0.39, 0.29) is 18.1 Å². The molecule has 1 amide bonds. The molecule has 0 bridgehead atoms. The van der Waals surface area contributed by atoms with Gasteiger partial charge < -0.3 is 10.1 Å². The lowest BCUT2D eigenvalue weighted by Crippen LogP contribution is -2.54. The summed E-state index contributed by atoms with van der Waals surface area (Å²) in [6, 6.07) is 0. The zero-order chi connectivity index (χ0) is 9.31. The molecule has 2 rings (SSSR count). The molecule has 1 atom stereocenters. The fourth-order valence-corrected chi connectivity index (χ4v) is 2.41. The number of carbonyl (C=O) groups excluding carboxylic acids is 1. The molecule has 1 unspecified atom stereocenters. The summed E-state index contributed by atoms with van der Waals surface area (Å²) >= 11 is 0. The van der Waals surface area contributed by atoms with Crippen molar-refractivity contribution in [3.8, 4) is 0 Å². The normalized spacial score (nSPS) is 36.2. The van der Waals surface area contributed by atoms with Gasteiger partial charge in [0.05, 0.1) is 5.60 Å². The summed E-state index contributed by atoms with van der Waals surface area (Å²) in [5.74, 6) is 0.670. The van der Waals surface area contributed by atoms with E-state index in [0.29, 0.717) is 12.5 Å². The maximum Gasteiger partial charge on any atom is 0.246 e. The molecule has 0 aromatic rings. The molecule has 0 radical (unpaired) electrons. The summed E-state index contributed by atoms with van der Waals surface area (Å²) in [6.07, 6.45) is 5.15. The van der Waals surface area contributed by atoms with Crippen LogP contribution in [-0.2, 0) is 9.53 Å². The van der Waals surface area contributed by atoms with Crippen LogP contribution in [0.1, 0.15) is 32.6 Å². The van der Waals surface area contributed by atoms with E-state index in [9.17, 15) is 4.79 Å². The quantitative estimate of drug-likeness (QED) is 0.660. The molecule has 1 aliphatic carbocycles. The molecular weight excluding hydrogens is 166 g/mol. The summed E-state index contributed by atoms with van der Waals surface area (Å²) in [5.41, 5.74) is -0.0928. The van der Waals surface area contributed by atoms with E-state index in [2.05, 4.69) is 12.2 Å². The first-order chi connectivity index (χ1) is 6.21. The van der Waals surface area contributed by atoms with Crippen LogP contribution in [0.15, 0.2) is 0 Å². The summed E-state index contributed by atoms with van der Waals surface area (Å²) in [4.78, 5) is 10.9. The molecule has 0 spiro atoms. The van der Waals surface area contributed by atoms with Crippen molar-refractivity contribution in [1.82, 2.24) is 5.32 Å². The highest BCUT2D eigenvalue weighted by molar-refractivity contribution is 5.78. The average molecular weight is 183 g/mol. The Balaban J connectivity index is 1.98. The van der Waals surface area contributed by atoms with Gasteiger partial charge in [0.25, 0.3) is 0 Å². The van der Waals surface area contributed by atoms with Crippen molar-refractivity contribution >= 4 is 5.91 Å². The van der Waals surface area contributed by atoms with E-state index >= 15 is 0 Å². The van der Waals surface area contributed by atoms with Crippen molar-refractivity contribution in [2.24, 2.45) is 5.92 Å². The maximum absolute atomic E-state index is 10.9. The van der Waals surface area contributed by atoms with Crippen LogP contribution in [0.25, 0.3) is 0 Å². The largest absolute Gasteiger partial charge is 0.363 e. The number of ether oxygens (including phenoxy) is 1. The van der Waals surface area contributed by atoms with Gasteiger partial charge in [-0.25, -0.2) is 0 Å². The Hall–Kier alpha value is -0.570. The molecule has 13 heavy (non-hydrogen) atoms. The van der Waals surface area contributed by atoms with Gasteiger partial charge in [0.2, 0.25) is 5.91 Å². The van der Waals surface area contributed by atoms with Gasteiger partial charge >= 0.3 is 0 Å². The Labute approximate surface area is 78.8 Å². The second-order valence-electron chi connectivity index (χ2n) is 4.36. The molecule has 1 N–H and O–H groups in total. The van der Waals surface area contributed by atoms with Crippen LogP contribution < -0.4 is 5.32 Å². The smallest absolute Gasteiger partial charge is 0.246 e. The van der Waals surface area contributed by atoms with Crippen molar-refractivity contribution in [2.45, 2.75) is 38.2 Å². The lowest BCUT2D eigenvalue weighted by atomic mass is 9.86. The van der Waals surface area contributed by atoms with Crippen molar-refractivity contribution in [2.75, 3.05) is 13.2 Å². The number of amides is 1. The molecule has 1 saturated carbocycles. The molecule has 1 heterocycles. The number of hydrogen-bond acceptors (Lipinski definition) is 2. The number of morpholine rings is 1. The molecule has 1 aliphatic heterocycles. The first-order valence-electron chi connectivity index (χ1n) is 5.11. The highest BCUT2D eigenvalue weighted by Crippen LogP contribution is 2.36. The average Bonchev–Trinajstić information content (AvgIpc) is 2.63. The van der Waals surface area contributed by atoms with E-state index < -0.39 is 0 Å². The molecular formula is C10H17NO2. The first-order valence-corrected chi connectivity index (χ1v) is 5.11. The Morgan fingerprint density at radius 1 is 1.46 bits per heavy atom. The third kappa shape index (κ3) is 1.70. The number of carbonyl (C=O) groups is 1. The number of nitrogens with one attached hydrogen (secondary N) is 1. The molecule has 74 valence electrons. The first kappa shape index (κ1) is 9.00. The van der Waals surface area contributed by atoms with Crippen molar-refractivity contribution < 1.29 is 9.53 Å². The van der Waals surface area contributed by atoms with Crippen LogP contribution in [0.2, 0.25) is 0 Å². The van der Waals surface area contributed by atoms with Crippen LogP contribution in [-0.4, -0.2) is 24.7 Å². The van der Waals surface area contributed by atoms with Crippen molar-refractivity contribution in [3.05, 3.63) is 0 Å².